The maximum Gasteiger partial charge on any atom is 0.251 e. The van der Waals surface area contributed by atoms with E-state index in [2.05, 4.69) is 10.0 Å². The van der Waals surface area contributed by atoms with E-state index in [1.54, 1.807) is 12.1 Å². The molecule has 0 bridgehead atoms. The predicted molar refractivity (Wildman–Crippen MR) is 104 cm³/mol. The zero-order valence-electron chi connectivity index (χ0n) is 14.1. The van der Waals surface area contributed by atoms with Crippen LogP contribution in [-0.2, 0) is 16.4 Å². The molecule has 0 spiro atoms. The van der Waals surface area contributed by atoms with Crippen LogP contribution >= 0.6 is 12.4 Å². The topological polar surface area (TPSA) is 101 Å². The molecule has 0 unspecified atom stereocenters. The number of nitrogen functional groups attached to an aromatic ring is 1. The highest BCUT2D eigenvalue weighted by Gasteiger charge is 2.28. The molecule has 6 nitrogen and oxygen atoms in total. The van der Waals surface area contributed by atoms with Crippen LogP contribution < -0.4 is 15.8 Å². The van der Waals surface area contributed by atoms with Crippen molar-refractivity contribution < 1.29 is 13.2 Å². The number of anilines is 1. The second-order valence-electron chi connectivity index (χ2n) is 6.17. The molecule has 1 fully saturated rings. The molecule has 8 heteroatoms. The van der Waals surface area contributed by atoms with E-state index in [0.29, 0.717) is 24.2 Å². The zero-order chi connectivity index (χ0) is 17.9. The lowest BCUT2D eigenvalue weighted by Crippen LogP contribution is -2.28. The van der Waals surface area contributed by atoms with E-state index in [0.717, 1.165) is 18.4 Å². The van der Waals surface area contributed by atoms with Gasteiger partial charge in [-0.1, -0.05) is 18.2 Å². The van der Waals surface area contributed by atoms with Crippen molar-refractivity contribution in [3.05, 3.63) is 59.7 Å². The number of carbonyl (C=O) groups is 1. The van der Waals surface area contributed by atoms with Gasteiger partial charge in [-0.05, 0) is 55.2 Å². The van der Waals surface area contributed by atoms with Gasteiger partial charge in [0.05, 0.1) is 4.90 Å². The summed E-state index contributed by atoms with van der Waals surface area (Å²) in [5.41, 5.74) is 7.74. The summed E-state index contributed by atoms with van der Waals surface area (Å²) in [6.07, 6.45) is 2.41. The van der Waals surface area contributed by atoms with Crippen LogP contribution in [0.25, 0.3) is 0 Å². The highest BCUT2D eigenvalue weighted by atomic mass is 35.5. The fourth-order valence-electron chi connectivity index (χ4n) is 2.40. The fraction of sp³-hybridized carbons (Fsp3) is 0.278. The number of nitrogens with two attached hydrogens (primary N) is 1. The van der Waals surface area contributed by atoms with Gasteiger partial charge in [0, 0.05) is 23.8 Å². The summed E-state index contributed by atoms with van der Waals surface area (Å²) in [5.74, 6) is -0.293. The Bertz CT molecular complexity index is 866. The Hall–Kier alpha value is -2.09. The van der Waals surface area contributed by atoms with Crippen LogP contribution in [0.2, 0.25) is 0 Å². The monoisotopic (exact) mass is 395 g/mol. The molecule has 0 atom stereocenters. The predicted octanol–water partition coefficient (Wildman–Crippen LogP) is 2.10. The number of hydrogen-bond donors (Lipinski definition) is 3. The summed E-state index contributed by atoms with van der Waals surface area (Å²) in [5, 5.41) is 2.81. The lowest BCUT2D eigenvalue weighted by atomic mass is 10.1. The minimum Gasteiger partial charge on any atom is -0.399 e. The molecule has 2 aromatic carbocycles. The summed E-state index contributed by atoms with van der Waals surface area (Å²) < 4.78 is 27.1. The lowest BCUT2D eigenvalue weighted by Gasteiger charge is -2.09. The number of benzene rings is 2. The molecule has 1 aliphatic carbocycles. The smallest absolute Gasteiger partial charge is 0.251 e. The van der Waals surface area contributed by atoms with Gasteiger partial charge in [0.15, 0.2) is 0 Å². The Morgan fingerprint density at radius 1 is 1.12 bits per heavy atom. The number of amides is 1. The molecule has 1 saturated carbocycles. The number of carbonyl (C=O) groups excluding carboxylic acids is 1. The minimum atomic E-state index is -3.56. The summed E-state index contributed by atoms with van der Waals surface area (Å²) in [6, 6.07) is 13.6. The van der Waals surface area contributed by atoms with E-state index in [1.165, 1.54) is 12.1 Å². The quantitative estimate of drug-likeness (QED) is 0.625. The SMILES string of the molecule is Cl.Nc1ccc(CCNC(=O)c2cccc(S(=O)(=O)NC3CC3)c2)cc1. The third kappa shape index (κ3) is 5.45. The normalized spacial score (nSPS) is 13.7. The molecule has 1 aliphatic rings. The zero-order valence-corrected chi connectivity index (χ0v) is 15.8. The van der Waals surface area contributed by atoms with Gasteiger partial charge in [-0.15, -0.1) is 12.4 Å². The fourth-order valence-corrected chi connectivity index (χ4v) is 3.75. The van der Waals surface area contributed by atoms with Crippen molar-refractivity contribution in [2.24, 2.45) is 0 Å². The molecule has 3 rings (SSSR count). The number of hydrogen-bond acceptors (Lipinski definition) is 4. The van der Waals surface area contributed by atoms with Crippen LogP contribution in [0.1, 0.15) is 28.8 Å². The van der Waals surface area contributed by atoms with E-state index in [4.69, 9.17) is 5.73 Å². The average Bonchev–Trinajstić information content (AvgIpc) is 3.40. The number of nitrogens with one attached hydrogen (secondary N) is 2. The molecule has 0 saturated heterocycles. The highest BCUT2D eigenvalue weighted by Crippen LogP contribution is 2.22. The first-order valence-corrected chi connectivity index (χ1v) is 9.67. The summed E-state index contributed by atoms with van der Waals surface area (Å²) in [7, 11) is -3.56. The number of halogens is 1. The van der Waals surface area contributed by atoms with Crippen LogP contribution in [0.4, 0.5) is 5.69 Å². The largest absolute Gasteiger partial charge is 0.399 e. The molecule has 0 heterocycles. The molecule has 2 aromatic rings. The first-order valence-electron chi connectivity index (χ1n) is 8.19. The maximum atomic E-state index is 12.3. The molecule has 4 N–H and O–H groups in total. The second-order valence-corrected chi connectivity index (χ2v) is 7.88. The molecule has 26 heavy (non-hydrogen) atoms. The van der Waals surface area contributed by atoms with Crippen molar-refractivity contribution in [1.82, 2.24) is 10.0 Å². The maximum absolute atomic E-state index is 12.3. The van der Waals surface area contributed by atoms with Crippen LogP contribution in [-0.4, -0.2) is 26.9 Å². The van der Waals surface area contributed by atoms with E-state index in [-0.39, 0.29) is 29.3 Å². The summed E-state index contributed by atoms with van der Waals surface area (Å²) >= 11 is 0. The average molecular weight is 396 g/mol. The highest BCUT2D eigenvalue weighted by molar-refractivity contribution is 7.89. The van der Waals surface area contributed by atoms with E-state index in [9.17, 15) is 13.2 Å². The standard InChI is InChI=1S/C18H21N3O3S.ClH/c19-15-6-4-13(5-7-15)10-11-20-18(22)14-2-1-3-17(12-14)25(23,24)21-16-8-9-16;/h1-7,12,16,21H,8-11,19H2,(H,20,22);1H. The Morgan fingerprint density at radius 2 is 1.81 bits per heavy atom. The van der Waals surface area contributed by atoms with E-state index in [1.807, 2.05) is 24.3 Å². The Morgan fingerprint density at radius 3 is 2.46 bits per heavy atom. The second kappa shape index (κ2) is 8.53. The third-order valence-corrected chi connectivity index (χ3v) is 5.50. The minimum absolute atomic E-state index is 0. The summed E-state index contributed by atoms with van der Waals surface area (Å²) in [4.78, 5) is 12.4. The first kappa shape index (κ1) is 20.2. The molecule has 0 radical (unpaired) electrons. The molecule has 0 aromatic heterocycles. The van der Waals surface area contributed by atoms with Crippen LogP contribution in [0.15, 0.2) is 53.4 Å². The van der Waals surface area contributed by atoms with Crippen molar-refractivity contribution in [1.29, 1.82) is 0 Å². The third-order valence-electron chi connectivity index (χ3n) is 3.98. The van der Waals surface area contributed by atoms with Gasteiger partial charge in [-0.25, -0.2) is 13.1 Å². The van der Waals surface area contributed by atoms with Gasteiger partial charge in [-0.3, -0.25) is 4.79 Å². The van der Waals surface area contributed by atoms with Gasteiger partial charge in [0.2, 0.25) is 10.0 Å². The molecular formula is C18H22ClN3O3S. The van der Waals surface area contributed by atoms with Crippen molar-refractivity contribution in [3.63, 3.8) is 0 Å². The summed E-state index contributed by atoms with van der Waals surface area (Å²) in [6.45, 7) is 0.458. The molecule has 1 amide bonds. The Labute approximate surface area is 159 Å². The van der Waals surface area contributed by atoms with Gasteiger partial charge >= 0.3 is 0 Å². The van der Waals surface area contributed by atoms with E-state index < -0.39 is 10.0 Å². The number of rotatable bonds is 7. The van der Waals surface area contributed by atoms with Gasteiger partial charge in [-0.2, -0.15) is 0 Å². The molecule has 0 aliphatic heterocycles. The van der Waals surface area contributed by atoms with Crippen LogP contribution in [0, 0.1) is 0 Å². The van der Waals surface area contributed by atoms with Gasteiger partial charge < -0.3 is 11.1 Å². The van der Waals surface area contributed by atoms with Crippen LogP contribution in [0.3, 0.4) is 0 Å². The Balaban J connectivity index is 0.00000243. The van der Waals surface area contributed by atoms with E-state index >= 15 is 0 Å². The van der Waals surface area contributed by atoms with Crippen LogP contribution in [0.5, 0.6) is 0 Å². The molecular weight excluding hydrogens is 374 g/mol. The molecule has 140 valence electrons. The van der Waals surface area contributed by atoms with Crippen molar-refractivity contribution in [3.8, 4) is 0 Å². The van der Waals surface area contributed by atoms with Crippen molar-refractivity contribution in [2.75, 3.05) is 12.3 Å². The van der Waals surface area contributed by atoms with Gasteiger partial charge in [0.1, 0.15) is 0 Å². The van der Waals surface area contributed by atoms with Crippen molar-refractivity contribution >= 4 is 34.0 Å². The first-order chi connectivity index (χ1) is 11.9. The van der Waals surface area contributed by atoms with Gasteiger partial charge in [0.25, 0.3) is 5.91 Å². The van der Waals surface area contributed by atoms with Crippen molar-refractivity contribution in [2.45, 2.75) is 30.2 Å². The number of sulfonamides is 1. The lowest BCUT2D eigenvalue weighted by molar-refractivity contribution is 0.0954. The Kier molecular flexibility index (Phi) is 6.63.